The topological polar surface area (TPSA) is 37.4 Å². The predicted molar refractivity (Wildman–Crippen MR) is 40.7 cm³/mol. The van der Waals surface area contributed by atoms with Gasteiger partial charge in [-0.1, -0.05) is 0 Å². The molecule has 0 spiro atoms. The van der Waals surface area contributed by atoms with E-state index < -0.39 is 0 Å². The first-order valence-corrected chi connectivity index (χ1v) is 3.84. The van der Waals surface area contributed by atoms with Crippen molar-refractivity contribution in [2.24, 2.45) is 0 Å². The highest BCUT2D eigenvalue weighted by molar-refractivity contribution is 5.94. The van der Waals surface area contributed by atoms with E-state index in [4.69, 9.17) is 0 Å². The van der Waals surface area contributed by atoms with Gasteiger partial charge >= 0.3 is 0 Å². The number of carbonyl (C=O) groups excluding carboxylic acids is 2. The Balaban J connectivity index is 2.44. The summed E-state index contributed by atoms with van der Waals surface area (Å²) >= 11 is 0. The minimum Gasteiger partial charge on any atom is -0.339 e. The summed E-state index contributed by atoms with van der Waals surface area (Å²) in [5, 5.41) is 0. The van der Waals surface area contributed by atoms with Crippen molar-refractivity contribution in [1.82, 2.24) is 4.90 Å². The summed E-state index contributed by atoms with van der Waals surface area (Å²) in [6.45, 7) is 1.58. The molecule has 0 unspecified atom stereocenters. The van der Waals surface area contributed by atoms with Crippen molar-refractivity contribution in [3.63, 3.8) is 0 Å². The van der Waals surface area contributed by atoms with Crippen LogP contribution in [0.3, 0.4) is 0 Å². The summed E-state index contributed by atoms with van der Waals surface area (Å²) in [4.78, 5) is 22.5. The summed E-state index contributed by atoms with van der Waals surface area (Å²) in [5.41, 5.74) is 0. The van der Waals surface area contributed by atoms with Gasteiger partial charge in [0.1, 0.15) is 5.94 Å². The van der Waals surface area contributed by atoms with Crippen LogP contribution in [-0.2, 0) is 9.59 Å². The molecule has 11 heavy (non-hydrogen) atoms. The third-order valence-electron chi connectivity index (χ3n) is 1.85. The largest absolute Gasteiger partial charge is 0.339 e. The first kappa shape index (κ1) is 8.02. The Morgan fingerprint density at radius 1 is 1.27 bits per heavy atom. The van der Waals surface area contributed by atoms with Crippen LogP contribution in [0.2, 0.25) is 0 Å². The maximum Gasteiger partial charge on any atom is 0.257 e. The van der Waals surface area contributed by atoms with Crippen LogP contribution in [-0.4, -0.2) is 29.8 Å². The smallest absolute Gasteiger partial charge is 0.257 e. The molecule has 0 N–H and O–H groups in total. The van der Waals surface area contributed by atoms with E-state index in [1.165, 1.54) is 12.4 Å². The second-order valence-corrected chi connectivity index (χ2v) is 2.65. The summed E-state index contributed by atoms with van der Waals surface area (Å²) in [6, 6.07) is 0. The lowest BCUT2D eigenvalue weighted by molar-refractivity contribution is -0.126. The predicted octanol–water partition coefficient (Wildman–Crippen LogP) is 0.387. The van der Waals surface area contributed by atoms with Gasteiger partial charge in [-0.15, -0.1) is 0 Å². The van der Waals surface area contributed by atoms with Gasteiger partial charge in [0.25, 0.3) is 5.91 Å². The van der Waals surface area contributed by atoms with Crippen molar-refractivity contribution in [3.05, 3.63) is 6.08 Å². The molecule has 0 bridgehead atoms. The van der Waals surface area contributed by atoms with Crippen molar-refractivity contribution in [2.45, 2.75) is 19.3 Å². The number of hydrogen-bond acceptors (Lipinski definition) is 2. The molecule has 0 aromatic heterocycles. The molecule has 0 aromatic rings. The van der Waals surface area contributed by atoms with E-state index >= 15 is 0 Å². The van der Waals surface area contributed by atoms with E-state index in [2.05, 4.69) is 0 Å². The molecule has 0 atom stereocenters. The summed E-state index contributed by atoms with van der Waals surface area (Å²) in [5.74, 6) is 1.30. The van der Waals surface area contributed by atoms with Gasteiger partial charge in [-0.2, -0.15) is 0 Å². The van der Waals surface area contributed by atoms with Gasteiger partial charge in [0.05, 0.1) is 6.08 Å². The van der Waals surface area contributed by atoms with E-state index in [0.29, 0.717) is 0 Å². The molecular formula is C8H11NO2. The molecule has 0 aromatic carbocycles. The summed E-state index contributed by atoms with van der Waals surface area (Å²) < 4.78 is 0. The summed E-state index contributed by atoms with van der Waals surface area (Å²) in [6.07, 6.45) is 4.26. The van der Waals surface area contributed by atoms with Crippen LogP contribution in [0.25, 0.3) is 0 Å². The van der Waals surface area contributed by atoms with E-state index in [1.807, 2.05) is 0 Å². The molecule has 1 rings (SSSR count). The molecule has 1 heterocycles. The minimum atomic E-state index is -0.195. The fraction of sp³-hybridized carbons (Fsp3) is 0.625. The molecule has 0 saturated carbocycles. The van der Waals surface area contributed by atoms with Crippen molar-refractivity contribution in [2.75, 3.05) is 13.1 Å². The standard InChI is InChI=1S/C8H11NO2/c10-7-4-8(11)9-5-2-1-3-6-9/h4H,1-3,5-6H2. The van der Waals surface area contributed by atoms with Crippen LogP contribution >= 0.6 is 0 Å². The quantitative estimate of drug-likeness (QED) is 0.403. The Labute approximate surface area is 65.7 Å². The molecule has 1 aliphatic rings. The number of amides is 1. The monoisotopic (exact) mass is 153 g/mol. The Bertz CT molecular complexity index is 188. The summed E-state index contributed by atoms with van der Waals surface area (Å²) in [7, 11) is 0. The second kappa shape index (κ2) is 3.94. The zero-order valence-corrected chi connectivity index (χ0v) is 6.38. The van der Waals surface area contributed by atoms with Gasteiger partial charge < -0.3 is 4.90 Å². The highest BCUT2D eigenvalue weighted by Gasteiger charge is 2.13. The van der Waals surface area contributed by atoms with Crippen molar-refractivity contribution < 1.29 is 9.59 Å². The Morgan fingerprint density at radius 2 is 1.91 bits per heavy atom. The number of carbonyl (C=O) groups is 1. The molecule has 0 aliphatic carbocycles. The highest BCUT2D eigenvalue weighted by Crippen LogP contribution is 2.08. The van der Waals surface area contributed by atoms with E-state index in [9.17, 15) is 9.59 Å². The number of likely N-dealkylation sites (tertiary alicyclic amines) is 1. The molecule has 3 nitrogen and oxygen atoms in total. The minimum absolute atomic E-state index is 0.195. The fourth-order valence-electron chi connectivity index (χ4n) is 1.26. The molecule has 1 fully saturated rings. The molecular weight excluding hydrogens is 142 g/mol. The maximum absolute atomic E-state index is 11.0. The van der Waals surface area contributed by atoms with Crippen molar-refractivity contribution >= 4 is 11.8 Å². The van der Waals surface area contributed by atoms with E-state index in [1.54, 1.807) is 4.90 Å². The molecule has 60 valence electrons. The molecule has 3 heteroatoms. The van der Waals surface area contributed by atoms with Crippen molar-refractivity contribution in [1.29, 1.82) is 0 Å². The van der Waals surface area contributed by atoms with Crippen LogP contribution in [0.1, 0.15) is 19.3 Å². The third kappa shape index (κ3) is 2.20. The van der Waals surface area contributed by atoms with Crippen LogP contribution in [0.15, 0.2) is 6.08 Å². The maximum atomic E-state index is 11.0. The first-order chi connectivity index (χ1) is 5.34. The van der Waals surface area contributed by atoms with Gasteiger partial charge in [0.15, 0.2) is 0 Å². The molecule has 1 aliphatic heterocycles. The number of nitrogens with zero attached hydrogens (tertiary/aromatic N) is 1. The molecule has 1 saturated heterocycles. The zero-order chi connectivity index (χ0) is 8.10. The number of piperidine rings is 1. The van der Waals surface area contributed by atoms with Gasteiger partial charge in [-0.3, -0.25) is 4.79 Å². The van der Waals surface area contributed by atoms with E-state index in [-0.39, 0.29) is 5.91 Å². The van der Waals surface area contributed by atoms with Crippen LogP contribution < -0.4 is 0 Å². The highest BCUT2D eigenvalue weighted by atomic mass is 16.2. The number of rotatable bonds is 1. The lowest BCUT2D eigenvalue weighted by atomic mass is 10.1. The fourth-order valence-corrected chi connectivity index (χ4v) is 1.26. The van der Waals surface area contributed by atoms with Gasteiger partial charge in [0, 0.05) is 13.1 Å². The van der Waals surface area contributed by atoms with Crippen molar-refractivity contribution in [3.8, 4) is 0 Å². The number of hydrogen-bond donors (Lipinski definition) is 0. The lowest BCUT2D eigenvalue weighted by Crippen LogP contribution is -2.34. The average molecular weight is 153 g/mol. The zero-order valence-electron chi connectivity index (χ0n) is 6.38. The normalized spacial score (nSPS) is 17.3. The third-order valence-corrected chi connectivity index (χ3v) is 1.85. The second-order valence-electron chi connectivity index (χ2n) is 2.65. The molecule has 1 amide bonds. The Morgan fingerprint density at radius 3 is 2.45 bits per heavy atom. The van der Waals surface area contributed by atoms with Crippen LogP contribution in [0, 0.1) is 0 Å². The average Bonchev–Trinajstić information content (AvgIpc) is 2.07. The molecule has 0 radical (unpaired) electrons. The van der Waals surface area contributed by atoms with E-state index in [0.717, 1.165) is 32.0 Å². The van der Waals surface area contributed by atoms with Gasteiger partial charge in [0.2, 0.25) is 0 Å². The Kier molecular flexibility index (Phi) is 2.87. The lowest BCUT2D eigenvalue weighted by Gasteiger charge is -2.24. The first-order valence-electron chi connectivity index (χ1n) is 3.84. The Hall–Kier alpha value is -1.08. The SMILES string of the molecule is O=C=CC(=O)N1CCCCC1. The van der Waals surface area contributed by atoms with Crippen LogP contribution in [0.4, 0.5) is 0 Å². The van der Waals surface area contributed by atoms with Gasteiger partial charge in [-0.05, 0) is 19.3 Å². The van der Waals surface area contributed by atoms with Crippen LogP contribution in [0.5, 0.6) is 0 Å². The van der Waals surface area contributed by atoms with Gasteiger partial charge in [-0.25, -0.2) is 4.79 Å².